The molecular weight excluding hydrogens is 244 g/mol. The fraction of sp³-hybridized carbons (Fsp3) is 0.571. The molecule has 19 heavy (non-hydrogen) atoms. The Morgan fingerprint density at radius 1 is 1.42 bits per heavy atom. The molecule has 1 aliphatic rings. The number of benzene rings is 1. The number of nitro benzene ring substituents is 1. The molecular formula is C14H20N2O3. The summed E-state index contributed by atoms with van der Waals surface area (Å²) in [6.45, 7) is 3.22. The maximum atomic E-state index is 10.6. The molecule has 1 aliphatic carbocycles. The van der Waals surface area contributed by atoms with Gasteiger partial charge in [0.25, 0.3) is 5.69 Å². The van der Waals surface area contributed by atoms with E-state index >= 15 is 0 Å². The number of hydrogen-bond acceptors (Lipinski definition) is 4. The maximum absolute atomic E-state index is 10.6. The van der Waals surface area contributed by atoms with Crippen LogP contribution in [-0.2, 0) is 11.3 Å². The number of hydrogen-bond donors (Lipinski definition) is 1. The quantitative estimate of drug-likeness (QED) is 0.423. The zero-order valence-electron chi connectivity index (χ0n) is 11.0. The Morgan fingerprint density at radius 2 is 2.26 bits per heavy atom. The van der Waals surface area contributed by atoms with Gasteiger partial charge >= 0.3 is 0 Å². The molecule has 1 saturated carbocycles. The molecule has 1 N–H and O–H groups in total. The van der Waals surface area contributed by atoms with Crippen molar-refractivity contribution in [1.82, 2.24) is 5.32 Å². The minimum atomic E-state index is -0.366. The summed E-state index contributed by atoms with van der Waals surface area (Å²) in [4.78, 5) is 10.3. The van der Waals surface area contributed by atoms with E-state index in [2.05, 4.69) is 5.32 Å². The van der Waals surface area contributed by atoms with Crippen LogP contribution < -0.4 is 5.32 Å². The molecule has 104 valence electrons. The molecule has 1 aromatic carbocycles. The zero-order valence-corrected chi connectivity index (χ0v) is 11.0. The van der Waals surface area contributed by atoms with Crippen molar-refractivity contribution in [1.29, 1.82) is 0 Å². The van der Waals surface area contributed by atoms with Crippen LogP contribution in [0.2, 0.25) is 0 Å². The van der Waals surface area contributed by atoms with Crippen molar-refractivity contribution in [3.05, 3.63) is 39.9 Å². The average molecular weight is 264 g/mol. The first-order valence-electron chi connectivity index (χ1n) is 6.77. The lowest BCUT2D eigenvalue weighted by molar-refractivity contribution is -0.384. The van der Waals surface area contributed by atoms with Crippen LogP contribution >= 0.6 is 0 Å². The summed E-state index contributed by atoms with van der Waals surface area (Å²) in [6.07, 6.45) is 3.62. The van der Waals surface area contributed by atoms with Crippen LogP contribution in [0.25, 0.3) is 0 Å². The number of nitrogens with one attached hydrogen (secondary N) is 1. The molecule has 0 unspecified atom stereocenters. The van der Waals surface area contributed by atoms with E-state index in [0.29, 0.717) is 6.54 Å². The first-order chi connectivity index (χ1) is 9.25. The monoisotopic (exact) mass is 264 g/mol. The fourth-order valence-corrected chi connectivity index (χ4v) is 1.85. The molecule has 0 spiro atoms. The number of nitro groups is 1. The summed E-state index contributed by atoms with van der Waals surface area (Å²) in [7, 11) is 0. The lowest BCUT2D eigenvalue weighted by Crippen LogP contribution is -2.16. The van der Waals surface area contributed by atoms with E-state index in [-0.39, 0.29) is 10.6 Å². The van der Waals surface area contributed by atoms with Crippen LogP contribution in [0.1, 0.15) is 24.8 Å². The van der Waals surface area contributed by atoms with Crippen LogP contribution in [0.4, 0.5) is 5.69 Å². The Labute approximate surface area is 113 Å². The van der Waals surface area contributed by atoms with Crippen molar-refractivity contribution in [3.63, 3.8) is 0 Å². The fourth-order valence-electron chi connectivity index (χ4n) is 1.85. The van der Waals surface area contributed by atoms with E-state index in [4.69, 9.17) is 4.74 Å². The smallest absolute Gasteiger partial charge is 0.269 e. The second-order valence-corrected chi connectivity index (χ2v) is 4.98. The number of non-ortho nitro benzene ring substituents is 1. The lowest BCUT2D eigenvalue weighted by Gasteiger charge is -2.05. The predicted molar refractivity (Wildman–Crippen MR) is 73.0 cm³/mol. The summed E-state index contributed by atoms with van der Waals surface area (Å²) in [5.41, 5.74) is 1.08. The molecule has 0 amide bonds. The Balaban J connectivity index is 1.56. The van der Waals surface area contributed by atoms with Gasteiger partial charge in [0.15, 0.2) is 0 Å². The summed E-state index contributed by atoms with van der Waals surface area (Å²) in [5.74, 6) is 0.817. The number of nitrogens with zero attached hydrogens (tertiary/aromatic N) is 1. The third-order valence-corrected chi connectivity index (χ3v) is 3.14. The van der Waals surface area contributed by atoms with E-state index in [9.17, 15) is 10.1 Å². The van der Waals surface area contributed by atoms with Crippen LogP contribution in [0.3, 0.4) is 0 Å². The van der Waals surface area contributed by atoms with E-state index in [1.54, 1.807) is 12.1 Å². The minimum Gasteiger partial charge on any atom is -0.381 e. The summed E-state index contributed by atoms with van der Waals surface area (Å²) < 4.78 is 5.53. The van der Waals surface area contributed by atoms with Gasteiger partial charge in [-0.05, 0) is 37.3 Å². The Hall–Kier alpha value is -1.46. The highest BCUT2D eigenvalue weighted by atomic mass is 16.6. The standard InChI is InChI=1S/C14H20N2O3/c17-16(18)14-4-1-3-13(9-14)10-15-7-2-8-19-11-12-5-6-12/h1,3-4,9,12,15H,2,5-8,10-11H2. The molecule has 0 saturated heterocycles. The van der Waals surface area contributed by atoms with Crippen molar-refractivity contribution in [2.24, 2.45) is 5.92 Å². The molecule has 5 heteroatoms. The van der Waals surface area contributed by atoms with Crippen molar-refractivity contribution in [2.75, 3.05) is 19.8 Å². The molecule has 0 heterocycles. The largest absolute Gasteiger partial charge is 0.381 e. The summed E-state index contributed by atoms with van der Waals surface area (Å²) in [6, 6.07) is 6.73. The van der Waals surface area contributed by atoms with E-state index in [0.717, 1.165) is 37.7 Å². The van der Waals surface area contributed by atoms with Gasteiger partial charge in [-0.2, -0.15) is 0 Å². The molecule has 0 radical (unpaired) electrons. The van der Waals surface area contributed by atoms with Crippen LogP contribution in [0.5, 0.6) is 0 Å². The molecule has 2 rings (SSSR count). The molecule has 5 nitrogen and oxygen atoms in total. The highest BCUT2D eigenvalue weighted by molar-refractivity contribution is 5.34. The van der Waals surface area contributed by atoms with Gasteiger partial charge in [-0.15, -0.1) is 0 Å². The van der Waals surface area contributed by atoms with Gasteiger partial charge in [0.2, 0.25) is 0 Å². The number of ether oxygens (including phenoxy) is 1. The topological polar surface area (TPSA) is 64.4 Å². The molecule has 0 aliphatic heterocycles. The van der Waals surface area contributed by atoms with Gasteiger partial charge in [-0.3, -0.25) is 10.1 Å². The lowest BCUT2D eigenvalue weighted by atomic mass is 10.2. The van der Waals surface area contributed by atoms with E-state index in [1.165, 1.54) is 18.9 Å². The normalized spacial score (nSPS) is 14.5. The van der Waals surface area contributed by atoms with Crippen LogP contribution in [0, 0.1) is 16.0 Å². The highest BCUT2D eigenvalue weighted by Gasteiger charge is 2.20. The van der Waals surface area contributed by atoms with E-state index < -0.39 is 0 Å². The Morgan fingerprint density at radius 3 is 3.00 bits per heavy atom. The molecule has 0 aromatic heterocycles. The first kappa shape index (κ1) is 14.0. The average Bonchev–Trinajstić information content (AvgIpc) is 3.22. The predicted octanol–water partition coefficient (Wildman–Crippen LogP) is 2.50. The highest BCUT2D eigenvalue weighted by Crippen LogP contribution is 2.28. The van der Waals surface area contributed by atoms with Crippen molar-refractivity contribution in [2.45, 2.75) is 25.8 Å². The summed E-state index contributed by atoms with van der Waals surface area (Å²) in [5, 5.41) is 13.9. The van der Waals surface area contributed by atoms with Gasteiger partial charge in [-0.25, -0.2) is 0 Å². The SMILES string of the molecule is O=[N+]([O-])c1cccc(CNCCCOCC2CC2)c1. The summed E-state index contributed by atoms with van der Waals surface area (Å²) >= 11 is 0. The Kier molecular flexibility index (Phi) is 5.30. The van der Waals surface area contributed by atoms with Crippen LogP contribution in [-0.4, -0.2) is 24.7 Å². The van der Waals surface area contributed by atoms with Crippen molar-refractivity contribution < 1.29 is 9.66 Å². The third kappa shape index (κ3) is 5.36. The minimum absolute atomic E-state index is 0.145. The molecule has 0 bridgehead atoms. The second-order valence-electron chi connectivity index (χ2n) is 4.98. The van der Waals surface area contributed by atoms with Crippen molar-refractivity contribution >= 4 is 5.69 Å². The van der Waals surface area contributed by atoms with Gasteiger partial charge in [0.1, 0.15) is 0 Å². The number of rotatable bonds is 9. The molecule has 1 fully saturated rings. The maximum Gasteiger partial charge on any atom is 0.269 e. The molecule has 1 aromatic rings. The van der Waals surface area contributed by atoms with Gasteiger partial charge in [0, 0.05) is 31.9 Å². The Bertz CT molecular complexity index is 419. The zero-order chi connectivity index (χ0) is 13.5. The van der Waals surface area contributed by atoms with Crippen molar-refractivity contribution in [3.8, 4) is 0 Å². The molecule has 0 atom stereocenters. The second kappa shape index (κ2) is 7.21. The van der Waals surface area contributed by atoms with Gasteiger partial charge < -0.3 is 10.1 Å². The first-order valence-corrected chi connectivity index (χ1v) is 6.77. The third-order valence-electron chi connectivity index (χ3n) is 3.14. The van der Waals surface area contributed by atoms with Gasteiger partial charge in [0.05, 0.1) is 4.92 Å². The van der Waals surface area contributed by atoms with Crippen LogP contribution in [0.15, 0.2) is 24.3 Å². The van der Waals surface area contributed by atoms with E-state index in [1.807, 2.05) is 6.07 Å². The van der Waals surface area contributed by atoms with Gasteiger partial charge in [-0.1, -0.05) is 12.1 Å².